The highest BCUT2D eigenvalue weighted by Gasteiger charge is 2.30. The third kappa shape index (κ3) is 3.05. The van der Waals surface area contributed by atoms with Crippen LogP contribution in [0.25, 0.3) is 10.9 Å². The van der Waals surface area contributed by atoms with Crippen molar-refractivity contribution >= 4 is 22.6 Å². The number of H-pyrrole nitrogens is 1. The van der Waals surface area contributed by atoms with Gasteiger partial charge in [-0.3, -0.25) is 0 Å². The molecule has 0 spiro atoms. The molecule has 1 aliphatic rings. The quantitative estimate of drug-likeness (QED) is 0.738. The monoisotopic (exact) mass is 335 g/mol. The number of methoxy groups -OCH3 is 1. The summed E-state index contributed by atoms with van der Waals surface area (Å²) in [5.74, 6) is 0.822. The van der Waals surface area contributed by atoms with E-state index in [1.54, 1.807) is 7.11 Å². The Labute approximate surface area is 146 Å². The smallest absolute Gasteiger partial charge is 0.322 e. The van der Waals surface area contributed by atoms with Gasteiger partial charge >= 0.3 is 6.03 Å². The Morgan fingerprint density at radius 3 is 3.04 bits per heavy atom. The van der Waals surface area contributed by atoms with Gasteiger partial charge in [-0.15, -0.1) is 0 Å². The molecule has 0 saturated carbocycles. The minimum atomic E-state index is -0.0554. The number of ether oxygens (including phenoxy) is 1. The summed E-state index contributed by atoms with van der Waals surface area (Å²) in [6.07, 6.45) is 3.87. The number of hydrogen-bond acceptors (Lipinski definition) is 2. The maximum atomic E-state index is 12.8. The van der Waals surface area contributed by atoms with Crippen LogP contribution in [0.2, 0.25) is 0 Å². The van der Waals surface area contributed by atoms with E-state index in [2.05, 4.69) is 16.4 Å². The zero-order valence-electron chi connectivity index (χ0n) is 14.2. The zero-order valence-corrected chi connectivity index (χ0v) is 14.2. The van der Waals surface area contributed by atoms with Crippen molar-refractivity contribution in [3.63, 3.8) is 0 Å². The van der Waals surface area contributed by atoms with Crippen molar-refractivity contribution in [3.8, 4) is 5.75 Å². The predicted molar refractivity (Wildman–Crippen MR) is 99.0 cm³/mol. The van der Waals surface area contributed by atoms with E-state index in [-0.39, 0.29) is 12.1 Å². The van der Waals surface area contributed by atoms with Crippen molar-refractivity contribution in [1.82, 2.24) is 9.88 Å². The molecule has 1 fully saturated rings. The van der Waals surface area contributed by atoms with Crippen molar-refractivity contribution in [3.05, 3.63) is 60.3 Å². The first-order valence-corrected chi connectivity index (χ1v) is 8.53. The van der Waals surface area contributed by atoms with Crippen LogP contribution >= 0.6 is 0 Å². The maximum Gasteiger partial charge on any atom is 0.322 e. The highest BCUT2D eigenvalue weighted by molar-refractivity contribution is 5.93. The zero-order chi connectivity index (χ0) is 17.2. The number of nitrogens with one attached hydrogen (secondary N) is 2. The summed E-state index contributed by atoms with van der Waals surface area (Å²) in [5.41, 5.74) is 3.00. The molecule has 0 aliphatic carbocycles. The third-order valence-corrected chi connectivity index (χ3v) is 4.80. The molecule has 0 unspecified atom stereocenters. The number of anilines is 1. The van der Waals surface area contributed by atoms with Crippen LogP contribution in [0.5, 0.6) is 5.75 Å². The van der Waals surface area contributed by atoms with E-state index in [1.807, 2.05) is 53.6 Å². The molecule has 0 bridgehead atoms. The highest BCUT2D eigenvalue weighted by Crippen LogP contribution is 2.34. The van der Waals surface area contributed by atoms with Gasteiger partial charge in [0.1, 0.15) is 5.75 Å². The van der Waals surface area contributed by atoms with Crippen LogP contribution in [-0.2, 0) is 0 Å². The van der Waals surface area contributed by atoms with Gasteiger partial charge in [0, 0.05) is 29.3 Å². The number of hydrogen-bond donors (Lipinski definition) is 2. The molecule has 2 N–H and O–H groups in total. The van der Waals surface area contributed by atoms with E-state index in [0.717, 1.165) is 47.3 Å². The largest absolute Gasteiger partial charge is 0.497 e. The first kappa shape index (κ1) is 15.6. The number of nitrogens with zero attached hydrogens (tertiary/aromatic N) is 1. The van der Waals surface area contributed by atoms with Gasteiger partial charge in [-0.2, -0.15) is 0 Å². The van der Waals surface area contributed by atoms with Gasteiger partial charge in [0.2, 0.25) is 0 Å². The molecular formula is C20H21N3O2. The number of urea groups is 1. The SMILES string of the molecule is COc1cccc([C@H]2CCCN2C(=O)Nc2ccc3[nH]ccc3c2)c1. The molecule has 0 radical (unpaired) electrons. The number of carbonyl (C=O) groups is 1. The standard InChI is InChI=1S/C20H21N3O2/c1-25-17-5-2-4-15(13-17)19-6-3-11-23(19)20(24)22-16-7-8-18-14(12-16)9-10-21-18/h2,4-5,7-10,12-13,19,21H,3,6,11H2,1H3,(H,22,24)/t19-/m1/s1. The number of amides is 2. The van der Waals surface area contributed by atoms with Gasteiger partial charge in [-0.25, -0.2) is 4.79 Å². The predicted octanol–water partition coefficient (Wildman–Crippen LogP) is 4.55. The Kier molecular flexibility index (Phi) is 4.06. The normalized spacial score (nSPS) is 17.0. The van der Waals surface area contributed by atoms with Crippen LogP contribution in [0.4, 0.5) is 10.5 Å². The summed E-state index contributed by atoms with van der Waals surface area (Å²) in [5, 5.41) is 4.12. The van der Waals surface area contributed by atoms with Gasteiger partial charge in [-0.1, -0.05) is 12.1 Å². The summed E-state index contributed by atoms with van der Waals surface area (Å²) < 4.78 is 5.32. The summed E-state index contributed by atoms with van der Waals surface area (Å²) in [6.45, 7) is 0.764. The summed E-state index contributed by atoms with van der Waals surface area (Å²) in [7, 11) is 1.66. The molecule has 4 rings (SSSR count). The number of rotatable bonds is 3. The first-order chi connectivity index (χ1) is 12.2. The highest BCUT2D eigenvalue weighted by atomic mass is 16.5. The lowest BCUT2D eigenvalue weighted by Gasteiger charge is -2.25. The summed E-state index contributed by atoms with van der Waals surface area (Å²) in [4.78, 5) is 17.9. The molecule has 5 heteroatoms. The van der Waals surface area contributed by atoms with Crippen molar-refractivity contribution in [2.24, 2.45) is 0 Å². The van der Waals surface area contributed by atoms with Crippen LogP contribution in [0.1, 0.15) is 24.4 Å². The number of fused-ring (bicyclic) bond motifs is 1. The average Bonchev–Trinajstić information content (AvgIpc) is 3.30. The molecule has 5 nitrogen and oxygen atoms in total. The van der Waals surface area contributed by atoms with Gasteiger partial charge in [-0.05, 0) is 54.8 Å². The van der Waals surface area contributed by atoms with E-state index in [0.29, 0.717) is 0 Å². The van der Waals surface area contributed by atoms with E-state index in [4.69, 9.17) is 4.74 Å². The lowest BCUT2D eigenvalue weighted by Crippen LogP contribution is -2.34. The van der Waals surface area contributed by atoms with E-state index < -0.39 is 0 Å². The molecule has 1 saturated heterocycles. The fourth-order valence-corrected chi connectivity index (χ4v) is 3.53. The minimum Gasteiger partial charge on any atom is -0.497 e. The van der Waals surface area contributed by atoms with Crippen molar-refractivity contribution < 1.29 is 9.53 Å². The molecule has 2 heterocycles. The van der Waals surface area contributed by atoms with Crippen LogP contribution in [0, 0.1) is 0 Å². The number of aromatic nitrogens is 1. The number of likely N-dealkylation sites (tertiary alicyclic amines) is 1. The van der Waals surface area contributed by atoms with Gasteiger partial charge in [0.05, 0.1) is 13.2 Å². The number of benzene rings is 2. The minimum absolute atomic E-state index is 0.0554. The molecule has 128 valence electrons. The van der Waals surface area contributed by atoms with Gasteiger partial charge in [0.25, 0.3) is 0 Å². The Morgan fingerprint density at radius 1 is 1.24 bits per heavy atom. The second-order valence-corrected chi connectivity index (χ2v) is 6.34. The molecular weight excluding hydrogens is 314 g/mol. The fourth-order valence-electron chi connectivity index (χ4n) is 3.53. The summed E-state index contributed by atoms with van der Waals surface area (Å²) >= 11 is 0. The summed E-state index contributed by atoms with van der Waals surface area (Å²) in [6, 6.07) is 15.9. The van der Waals surface area contributed by atoms with Crippen LogP contribution < -0.4 is 10.1 Å². The van der Waals surface area contributed by atoms with Crippen molar-refractivity contribution in [2.45, 2.75) is 18.9 Å². The topological polar surface area (TPSA) is 57.4 Å². The number of carbonyl (C=O) groups excluding carboxylic acids is 1. The Hall–Kier alpha value is -2.95. The van der Waals surface area contributed by atoms with Crippen molar-refractivity contribution in [2.75, 3.05) is 19.0 Å². The number of aromatic amines is 1. The Morgan fingerprint density at radius 2 is 2.16 bits per heavy atom. The van der Waals surface area contributed by atoms with Gasteiger partial charge in [0.15, 0.2) is 0 Å². The molecule has 1 atom stereocenters. The molecule has 3 aromatic rings. The van der Waals surface area contributed by atoms with Crippen LogP contribution in [0.3, 0.4) is 0 Å². The Balaban J connectivity index is 1.53. The van der Waals surface area contributed by atoms with Gasteiger partial charge < -0.3 is 19.9 Å². The van der Waals surface area contributed by atoms with E-state index in [9.17, 15) is 4.79 Å². The van der Waals surface area contributed by atoms with Crippen LogP contribution in [0.15, 0.2) is 54.7 Å². The fraction of sp³-hybridized carbons (Fsp3) is 0.250. The lowest BCUT2D eigenvalue weighted by molar-refractivity contribution is 0.207. The molecule has 2 amide bonds. The second kappa shape index (κ2) is 6.51. The molecule has 25 heavy (non-hydrogen) atoms. The molecule has 1 aromatic heterocycles. The Bertz CT molecular complexity index is 903. The van der Waals surface area contributed by atoms with Crippen LogP contribution in [-0.4, -0.2) is 29.6 Å². The lowest BCUT2D eigenvalue weighted by atomic mass is 10.0. The van der Waals surface area contributed by atoms with E-state index in [1.165, 1.54) is 0 Å². The second-order valence-electron chi connectivity index (χ2n) is 6.34. The first-order valence-electron chi connectivity index (χ1n) is 8.53. The molecule has 1 aliphatic heterocycles. The third-order valence-electron chi connectivity index (χ3n) is 4.80. The molecule has 2 aromatic carbocycles. The average molecular weight is 335 g/mol. The van der Waals surface area contributed by atoms with E-state index >= 15 is 0 Å². The van der Waals surface area contributed by atoms with Crippen molar-refractivity contribution in [1.29, 1.82) is 0 Å². The maximum absolute atomic E-state index is 12.8.